The molecular formula is C41H25N5S. The van der Waals surface area contributed by atoms with Crippen LogP contribution in [0.15, 0.2) is 152 Å². The van der Waals surface area contributed by atoms with E-state index in [0.717, 1.165) is 44.1 Å². The Morgan fingerprint density at radius 3 is 1.87 bits per heavy atom. The van der Waals surface area contributed by atoms with Gasteiger partial charge >= 0.3 is 0 Å². The SMILES string of the molecule is c1ccc(-c2nc(-c3ccccc3)nc(-n3c4cc5ccn(-c6ccccc6)c5cc4c4ccc5sc6ccccc6c5c43)n2)cc1. The highest BCUT2D eigenvalue weighted by Gasteiger charge is 2.22. The van der Waals surface area contributed by atoms with Gasteiger partial charge in [-0.1, -0.05) is 103 Å². The number of para-hydroxylation sites is 1. The Bertz CT molecular complexity index is 2720. The van der Waals surface area contributed by atoms with Crippen LogP contribution in [0.5, 0.6) is 0 Å². The van der Waals surface area contributed by atoms with Gasteiger partial charge < -0.3 is 4.57 Å². The van der Waals surface area contributed by atoms with Gasteiger partial charge in [0.15, 0.2) is 11.6 Å². The minimum absolute atomic E-state index is 0.599. The Hall–Kier alpha value is -6.11. The summed E-state index contributed by atoms with van der Waals surface area (Å²) in [6.07, 6.45) is 2.15. The van der Waals surface area contributed by atoms with E-state index in [1.807, 2.05) is 47.7 Å². The van der Waals surface area contributed by atoms with Gasteiger partial charge in [0.2, 0.25) is 5.95 Å². The van der Waals surface area contributed by atoms with Crippen molar-refractivity contribution in [3.63, 3.8) is 0 Å². The molecule has 0 saturated heterocycles. The number of hydrogen-bond acceptors (Lipinski definition) is 4. The van der Waals surface area contributed by atoms with Gasteiger partial charge in [0.25, 0.3) is 0 Å². The van der Waals surface area contributed by atoms with Gasteiger partial charge in [-0.2, -0.15) is 9.97 Å². The van der Waals surface area contributed by atoms with Crippen molar-refractivity contribution in [2.24, 2.45) is 0 Å². The number of hydrogen-bond donors (Lipinski definition) is 0. The van der Waals surface area contributed by atoms with Crippen molar-refractivity contribution in [1.29, 1.82) is 0 Å². The molecule has 6 heteroatoms. The van der Waals surface area contributed by atoms with E-state index in [2.05, 4.69) is 125 Å². The average Bonchev–Trinajstić information content (AvgIpc) is 3.83. The minimum Gasteiger partial charge on any atom is -0.317 e. The fraction of sp³-hybridized carbons (Fsp3) is 0. The molecule has 4 aromatic heterocycles. The minimum atomic E-state index is 0.599. The van der Waals surface area contributed by atoms with Crippen LogP contribution < -0.4 is 0 Å². The Labute approximate surface area is 273 Å². The quantitative estimate of drug-likeness (QED) is 0.197. The summed E-state index contributed by atoms with van der Waals surface area (Å²) < 4.78 is 7.03. The molecule has 0 fully saturated rings. The van der Waals surface area contributed by atoms with Gasteiger partial charge in [0, 0.05) is 59.3 Å². The molecule has 10 aromatic rings. The fourth-order valence-corrected chi connectivity index (χ4v) is 7.97. The lowest BCUT2D eigenvalue weighted by atomic mass is 10.1. The van der Waals surface area contributed by atoms with E-state index in [1.54, 1.807) is 0 Å². The van der Waals surface area contributed by atoms with E-state index >= 15 is 0 Å². The number of aromatic nitrogens is 5. The van der Waals surface area contributed by atoms with Crippen LogP contribution in [-0.2, 0) is 0 Å². The van der Waals surface area contributed by atoms with E-state index in [0.29, 0.717) is 17.6 Å². The van der Waals surface area contributed by atoms with Crippen LogP contribution in [0.4, 0.5) is 0 Å². The fourth-order valence-electron chi connectivity index (χ4n) is 6.86. The zero-order chi connectivity index (χ0) is 30.9. The van der Waals surface area contributed by atoms with Crippen molar-refractivity contribution < 1.29 is 0 Å². The van der Waals surface area contributed by atoms with Gasteiger partial charge in [-0.25, -0.2) is 4.98 Å². The van der Waals surface area contributed by atoms with Crippen LogP contribution in [0.3, 0.4) is 0 Å². The number of nitrogens with zero attached hydrogens (tertiary/aromatic N) is 5. The molecule has 6 aromatic carbocycles. The first kappa shape index (κ1) is 26.1. The standard InChI is InChI=1S/C41H25N5S/c1-4-12-26(13-5-1)39-42-40(27-14-6-2-7-15-27)44-41(43-39)46-34-24-28-22-23-45(29-16-8-3-9-17-29)33(28)25-32(34)30-20-21-36-37(38(30)46)31-18-10-11-19-35(31)47-36/h1-25H. The first-order valence-corrected chi connectivity index (χ1v) is 16.4. The molecule has 0 N–H and O–H groups in total. The summed E-state index contributed by atoms with van der Waals surface area (Å²) in [6.45, 7) is 0. The third-order valence-electron chi connectivity index (χ3n) is 9.00. The molecule has 0 aliphatic rings. The number of thiophene rings is 1. The summed E-state index contributed by atoms with van der Waals surface area (Å²) in [5.74, 6) is 1.88. The van der Waals surface area contributed by atoms with Crippen molar-refractivity contribution in [2.45, 2.75) is 0 Å². The second kappa shape index (κ2) is 10.2. The molecule has 0 saturated carbocycles. The molecular weight excluding hydrogens is 595 g/mol. The lowest BCUT2D eigenvalue weighted by molar-refractivity contribution is 0.955. The first-order valence-electron chi connectivity index (χ1n) is 15.6. The maximum absolute atomic E-state index is 5.21. The van der Waals surface area contributed by atoms with Gasteiger partial charge in [-0.3, -0.25) is 4.57 Å². The normalized spacial score (nSPS) is 11.8. The molecule has 5 nitrogen and oxygen atoms in total. The molecule has 10 rings (SSSR count). The zero-order valence-corrected chi connectivity index (χ0v) is 25.9. The predicted octanol–water partition coefficient (Wildman–Crippen LogP) is 10.6. The van der Waals surface area contributed by atoms with Crippen LogP contribution in [0.2, 0.25) is 0 Å². The second-order valence-electron chi connectivity index (χ2n) is 11.7. The molecule has 0 unspecified atom stereocenters. The summed E-state index contributed by atoms with van der Waals surface area (Å²) in [5, 5.41) is 5.93. The number of benzene rings is 6. The highest BCUT2D eigenvalue weighted by molar-refractivity contribution is 7.26. The van der Waals surface area contributed by atoms with Crippen LogP contribution in [-0.4, -0.2) is 24.1 Å². The molecule has 220 valence electrons. The Kier molecular flexibility index (Phi) is 5.68. The molecule has 4 heterocycles. The van der Waals surface area contributed by atoms with Crippen LogP contribution in [0.1, 0.15) is 0 Å². The van der Waals surface area contributed by atoms with Crippen molar-refractivity contribution >= 4 is 64.2 Å². The Morgan fingerprint density at radius 1 is 0.489 bits per heavy atom. The smallest absolute Gasteiger partial charge is 0.238 e. The van der Waals surface area contributed by atoms with Gasteiger partial charge in [0.1, 0.15) is 0 Å². The highest BCUT2D eigenvalue weighted by Crippen LogP contribution is 2.44. The molecule has 0 radical (unpaired) electrons. The Morgan fingerprint density at radius 2 is 1.15 bits per heavy atom. The van der Waals surface area contributed by atoms with Crippen LogP contribution in [0, 0.1) is 0 Å². The molecule has 0 spiro atoms. The van der Waals surface area contributed by atoms with Crippen molar-refractivity contribution in [2.75, 3.05) is 0 Å². The monoisotopic (exact) mass is 619 g/mol. The maximum atomic E-state index is 5.21. The Balaban J connectivity index is 1.37. The van der Waals surface area contributed by atoms with Crippen molar-refractivity contribution in [3.05, 3.63) is 152 Å². The highest BCUT2D eigenvalue weighted by atomic mass is 32.1. The van der Waals surface area contributed by atoms with Gasteiger partial charge in [-0.05, 0) is 42.5 Å². The van der Waals surface area contributed by atoms with Gasteiger partial charge in [-0.15, -0.1) is 11.3 Å². The summed E-state index contributed by atoms with van der Waals surface area (Å²) in [6, 6.07) is 50.9. The summed E-state index contributed by atoms with van der Waals surface area (Å²) >= 11 is 1.82. The van der Waals surface area contributed by atoms with Gasteiger partial charge in [0.05, 0.1) is 16.6 Å². The maximum Gasteiger partial charge on any atom is 0.238 e. The molecule has 0 aliphatic heterocycles. The zero-order valence-electron chi connectivity index (χ0n) is 25.1. The first-order chi connectivity index (χ1) is 23.3. The lowest BCUT2D eigenvalue weighted by Gasteiger charge is -2.11. The lowest BCUT2D eigenvalue weighted by Crippen LogP contribution is -2.06. The molecule has 0 aliphatic carbocycles. The predicted molar refractivity (Wildman–Crippen MR) is 195 cm³/mol. The van der Waals surface area contributed by atoms with E-state index in [4.69, 9.17) is 15.0 Å². The summed E-state index contributed by atoms with van der Waals surface area (Å²) in [5.41, 5.74) is 6.35. The van der Waals surface area contributed by atoms with Crippen molar-refractivity contribution in [1.82, 2.24) is 24.1 Å². The summed E-state index contributed by atoms with van der Waals surface area (Å²) in [7, 11) is 0. The molecule has 0 amide bonds. The van der Waals surface area contributed by atoms with E-state index in [-0.39, 0.29) is 0 Å². The summed E-state index contributed by atoms with van der Waals surface area (Å²) in [4.78, 5) is 15.4. The average molecular weight is 620 g/mol. The van der Waals surface area contributed by atoms with Crippen LogP contribution >= 0.6 is 11.3 Å². The largest absolute Gasteiger partial charge is 0.317 e. The molecule has 0 bridgehead atoms. The van der Waals surface area contributed by atoms with E-state index in [1.165, 1.54) is 25.6 Å². The second-order valence-corrected chi connectivity index (χ2v) is 12.8. The third kappa shape index (κ3) is 4.05. The van der Waals surface area contributed by atoms with E-state index in [9.17, 15) is 0 Å². The number of rotatable bonds is 4. The third-order valence-corrected chi connectivity index (χ3v) is 10.1. The van der Waals surface area contributed by atoms with E-state index < -0.39 is 0 Å². The molecule has 0 atom stereocenters. The van der Waals surface area contributed by atoms with Crippen LogP contribution in [0.25, 0.3) is 87.3 Å². The number of fused-ring (bicyclic) bond motifs is 8. The topological polar surface area (TPSA) is 48.5 Å². The van der Waals surface area contributed by atoms with Crippen molar-refractivity contribution in [3.8, 4) is 34.4 Å². The molecule has 47 heavy (non-hydrogen) atoms.